The largest absolute Gasteiger partial charge is 0.352 e. The van der Waals surface area contributed by atoms with Crippen molar-refractivity contribution in [1.82, 2.24) is 5.32 Å². The molecule has 18 heavy (non-hydrogen) atoms. The van der Waals surface area contributed by atoms with Gasteiger partial charge in [0.15, 0.2) is 0 Å². The molecular weight excluding hydrogens is 378 g/mol. The van der Waals surface area contributed by atoms with Gasteiger partial charge in [0, 0.05) is 21.1 Å². The van der Waals surface area contributed by atoms with Gasteiger partial charge in [-0.05, 0) is 47.0 Å². The van der Waals surface area contributed by atoms with Crippen molar-refractivity contribution in [3.63, 3.8) is 0 Å². The number of hydrogen-bond donors (Lipinski definition) is 1. The number of amides is 1. The van der Waals surface area contributed by atoms with Crippen LogP contribution in [0.25, 0.3) is 0 Å². The Balaban J connectivity index is 1.91. The van der Waals surface area contributed by atoms with Crippen molar-refractivity contribution in [3.05, 3.63) is 55.1 Å². The zero-order chi connectivity index (χ0) is 13.0. The van der Waals surface area contributed by atoms with Crippen molar-refractivity contribution in [2.24, 2.45) is 0 Å². The zero-order valence-electron chi connectivity index (χ0n) is 9.45. The van der Waals surface area contributed by atoms with Crippen LogP contribution >= 0.6 is 43.2 Å². The molecule has 0 bridgehead atoms. The summed E-state index contributed by atoms with van der Waals surface area (Å²) in [6.45, 7) is 0.652. The lowest BCUT2D eigenvalue weighted by atomic mass is 10.2. The minimum atomic E-state index is -0.0489. The molecule has 1 aromatic heterocycles. The summed E-state index contributed by atoms with van der Waals surface area (Å²) < 4.78 is 1.78. The van der Waals surface area contributed by atoms with Crippen LogP contribution in [0, 0.1) is 0 Å². The molecule has 2 aromatic rings. The Morgan fingerprint density at radius 2 is 1.94 bits per heavy atom. The summed E-state index contributed by atoms with van der Waals surface area (Å²) in [5.41, 5.74) is 1.91. The summed E-state index contributed by atoms with van der Waals surface area (Å²) in [6, 6.07) is 7.60. The number of thiophene rings is 1. The molecule has 0 unspecified atom stereocenters. The van der Waals surface area contributed by atoms with Crippen LogP contribution in [0.15, 0.2) is 44.0 Å². The third-order valence-corrected chi connectivity index (χ3v) is 4.05. The first kappa shape index (κ1) is 13.8. The van der Waals surface area contributed by atoms with E-state index in [9.17, 15) is 4.79 Å². The maximum Gasteiger partial charge on any atom is 0.251 e. The van der Waals surface area contributed by atoms with E-state index in [4.69, 9.17) is 0 Å². The number of hydrogen-bond acceptors (Lipinski definition) is 2. The maximum absolute atomic E-state index is 11.9. The van der Waals surface area contributed by atoms with Crippen LogP contribution in [0.1, 0.15) is 15.9 Å². The molecule has 1 N–H and O–H groups in total. The Hall–Kier alpha value is -0.650. The SMILES string of the molecule is O=C(NCCc1ccsc1)c1cc(Br)cc(Br)c1. The first-order chi connectivity index (χ1) is 8.65. The number of benzene rings is 1. The lowest BCUT2D eigenvalue weighted by Gasteiger charge is -2.05. The van der Waals surface area contributed by atoms with Gasteiger partial charge in [-0.3, -0.25) is 4.79 Å². The molecule has 94 valence electrons. The quantitative estimate of drug-likeness (QED) is 0.833. The van der Waals surface area contributed by atoms with Gasteiger partial charge in [-0.25, -0.2) is 0 Å². The Bertz CT molecular complexity index is 520. The molecule has 1 amide bonds. The molecular formula is C13H11Br2NOS. The van der Waals surface area contributed by atoms with Crippen molar-refractivity contribution in [1.29, 1.82) is 0 Å². The molecule has 0 saturated heterocycles. The summed E-state index contributed by atoms with van der Waals surface area (Å²) in [4.78, 5) is 11.9. The monoisotopic (exact) mass is 387 g/mol. The van der Waals surface area contributed by atoms with Crippen LogP contribution < -0.4 is 5.32 Å². The topological polar surface area (TPSA) is 29.1 Å². The van der Waals surface area contributed by atoms with Crippen LogP contribution in [0.3, 0.4) is 0 Å². The minimum Gasteiger partial charge on any atom is -0.352 e. The fourth-order valence-electron chi connectivity index (χ4n) is 1.54. The van der Waals surface area contributed by atoms with Crippen molar-refractivity contribution in [3.8, 4) is 0 Å². The fourth-order valence-corrected chi connectivity index (χ4v) is 3.54. The molecule has 0 fully saturated rings. The van der Waals surface area contributed by atoms with Gasteiger partial charge in [-0.2, -0.15) is 11.3 Å². The van der Waals surface area contributed by atoms with Crippen LogP contribution in [-0.2, 0) is 6.42 Å². The second-order valence-corrected chi connectivity index (χ2v) is 6.41. The fraction of sp³-hybridized carbons (Fsp3) is 0.154. The summed E-state index contributed by atoms with van der Waals surface area (Å²) >= 11 is 8.42. The predicted molar refractivity (Wildman–Crippen MR) is 82.2 cm³/mol. The molecule has 1 aromatic carbocycles. The van der Waals surface area contributed by atoms with E-state index >= 15 is 0 Å². The Morgan fingerprint density at radius 1 is 1.22 bits per heavy atom. The Morgan fingerprint density at radius 3 is 2.56 bits per heavy atom. The predicted octanol–water partition coefficient (Wildman–Crippen LogP) is 4.25. The van der Waals surface area contributed by atoms with Gasteiger partial charge in [0.2, 0.25) is 0 Å². The highest BCUT2D eigenvalue weighted by Gasteiger charge is 2.06. The summed E-state index contributed by atoms with van der Waals surface area (Å²) in [5.74, 6) is -0.0489. The van der Waals surface area contributed by atoms with Crippen molar-refractivity contribution >= 4 is 49.1 Å². The van der Waals surface area contributed by atoms with Crippen LogP contribution in [0.4, 0.5) is 0 Å². The highest BCUT2D eigenvalue weighted by Crippen LogP contribution is 2.20. The first-order valence-corrected chi connectivity index (χ1v) is 7.93. The molecule has 0 radical (unpaired) electrons. The third kappa shape index (κ3) is 3.93. The van der Waals surface area contributed by atoms with E-state index in [-0.39, 0.29) is 5.91 Å². The van der Waals surface area contributed by atoms with Gasteiger partial charge in [0.1, 0.15) is 0 Å². The van der Waals surface area contributed by atoms with E-state index in [1.54, 1.807) is 11.3 Å². The Kier molecular flexibility index (Phi) is 4.97. The summed E-state index contributed by atoms with van der Waals surface area (Å²) in [5, 5.41) is 7.06. The number of nitrogens with one attached hydrogen (secondary N) is 1. The molecule has 0 aliphatic rings. The first-order valence-electron chi connectivity index (χ1n) is 5.40. The third-order valence-electron chi connectivity index (χ3n) is 2.40. The number of carbonyl (C=O) groups is 1. The lowest BCUT2D eigenvalue weighted by molar-refractivity contribution is 0.0954. The minimum absolute atomic E-state index is 0.0489. The highest BCUT2D eigenvalue weighted by atomic mass is 79.9. The van der Waals surface area contributed by atoms with E-state index in [2.05, 4.69) is 48.6 Å². The van der Waals surface area contributed by atoms with Gasteiger partial charge >= 0.3 is 0 Å². The second kappa shape index (κ2) is 6.50. The van der Waals surface area contributed by atoms with Gasteiger partial charge in [-0.1, -0.05) is 31.9 Å². The molecule has 0 aliphatic carbocycles. The van der Waals surface area contributed by atoms with Crippen molar-refractivity contribution in [2.75, 3.05) is 6.54 Å². The average molecular weight is 389 g/mol. The van der Waals surface area contributed by atoms with Crippen LogP contribution in [0.5, 0.6) is 0 Å². The van der Waals surface area contributed by atoms with E-state index in [1.807, 2.05) is 23.6 Å². The summed E-state index contributed by atoms with van der Waals surface area (Å²) in [7, 11) is 0. The molecule has 0 aliphatic heterocycles. The molecule has 2 rings (SSSR count). The van der Waals surface area contributed by atoms with Crippen molar-refractivity contribution < 1.29 is 4.79 Å². The number of carbonyl (C=O) groups excluding carboxylic acids is 1. The molecule has 2 nitrogen and oxygen atoms in total. The van der Waals surface area contributed by atoms with Crippen LogP contribution in [-0.4, -0.2) is 12.5 Å². The van der Waals surface area contributed by atoms with Gasteiger partial charge in [0.25, 0.3) is 5.91 Å². The molecule has 5 heteroatoms. The molecule has 0 atom stereocenters. The normalized spacial score (nSPS) is 10.3. The summed E-state index contributed by atoms with van der Waals surface area (Å²) in [6.07, 6.45) is 0.865. The van der Waals surface area contributed by atoms with E-state index in [0.717, 1.165) is 15.4 Å². The van der Waals surface area contributed by atoms with Gasteiger partial charge < -0.3 is 5.32 Å². The second-order valence-electron chi connectivity index (χ2n) is 3.80. The molecule has 0 spiro atoms. The molecule has 0 saturated carbocycles. The average Bonchev–Trinajstić information content (AvgIpc) is 2.80. The van der Waals surface area contributed by atoms with E-state index in [0.29, 0.717) is 12.1 Å². The van der Waals surface area contributed by atoms with E-state index in [1.165, 1.54) is 5.56 Å². The lowest BCUT2D eigenvalue weighted by Crippen LogP contribution is -2.25. The molecule has 1 heterocycles. The zero-order valence-corrected chi connectivity index (χ0v) is 13.4. The Labute approximate surface area is 127 Å². The highest BCUT2D eigenvalue weighted by molar-refractivity contribution is 9.11. The number of halogens is 2. The van der Waals surface area contributed by atoms with Crippen LogP contribution in [0.2, 0.25) is 0 Å². The standard InChI is InChI=1S/C13H11Br2NOS/c14-11-5-10(6-12(15)7-11)13(17)16-3-1-9-2-4-18-8-9/h2,4-8H,1,3H2,(H,16,17). The maximum atomic E-state index is 11.9. The van der Waals surface area contributed by atoms with Crippen molar-refractivity contribution in [2.45, 2.75) is 6.42 Å². The number of rotatable bonds is 4. The van der Waals surface area contributed by atoms with Gasteiger partial charge in [-0.15, -0.1) is 0 Å². The smallest absolute Gasteiger partial charge is 0.251 e. The van der Waals surface area contributed by atoms with E-state index < -0.39 is 0 Å². The van der Waals surface area contributed by atoms with Gasteiger partial charge in [0.05, 0.1) is 0 Å².